The second-order valence-electron chi connectivity index (χ2n) is 6.55. The van der Waals surface area contributed by atoms with Gasteiger partial charge in [-0.05, 0) is 44.3 Å². The maximum Gasteiger partial charge on any atom is 0.241 e. The van der Waals surface area contributed by atoms with Crippen LogP contribution >= 0.6 is 0 Å². The predicted octanol–water partition coefficient (Wildman–Crippen LogP) is 1.58. The van der Waals surface area contributed by atoms with Crippen LogP contribution in [0.25, 0.3) is 0 Å². The quantitative estimate of drug-likeness (QED) is 0.772. The van der Waals surface area contributed by atoms with Crippen LogP contribution in [0, 0.1) is 0 Å². The summed E-state index contributed by atoms with van der Waals surface area (Å²) in [6.07, 6.45) is 3.95. The van der Waals surface area contributed by atoms with E-state index < -0.39 is 0 Å². The number of carbonyl (C=O) groups excluding carboxylic acids is 1. The Kier molecular flexibility index (Phi) is 5.65. The molecule has 0 aromatic heterocycles. The number of benzene rings is 1. The number of piperidine rings is 1. The van der Waals surface area contributed by atoms with Crippen molar-refractivity contribution in [2.75, 3.05) is 19.6 Å². The molecule has 1 aromatic rings. The molecule has 1 aromatic carbocycles. The summed E-state index contributed by atoms with van der Waals surface area (Å²) in [6, 6.07) is 10.8. The smallest absolute Gasteiger partial charge is 0.241 e. The van der Waals surface area contributed by atoms with Gasteiger partial charge in [0.15, 0.2) is 0 Å². The van der Waals surface area contributed by atoms with Crippen molar-refractivity contribution in [3.8, 4) is 0 Å². The number of nitrogens with zero attached hydrogens (tertiary/aromatic N) is 1. The molecule has 2 aliphatic heterocycles. The van der Waals surface area contributed by atoms with Crippen LogP contribution in [0.4, 0.5) is 0 Å². The number of rotatable bonds is 5. The van der Waals surface area contributed by atoms with Crippen molar-refractivity contribution in [2.45, 2.75) is 50.7 Å². The van der Waals surface area contributed by atoms with Gasteiger partial charge in [-0.1, -0.05) is 37.3 Å². The van der Waals surface area contributed by atoms with Crippen LogP contribution in [0.2, 0.25) is 0 Å². The third kappa shape index (κ3) is 3.91. The summed E-state index contributed by atoms with van der Waals surface area (Å²) in [5, 5.41) is 3.38. The fraction of sp³-hybridized carbons (Fsp3) is 0.611. The Morgan fingerprint density at radius 1 is 1.17 bits per heavy atom. The van der Waals surface area contributed by atoms with Gasteiger partial charge in [0, 0.05) is 18.6 Å². The highest BCUT2D eigenvalue weighted by atomic mass is 16.2. The molecule has 0 bridgehead atoms. The Balaban J connectivity index is 1.64. The van der Waals surface area contributed by atoms with Gasteiger partial charge in [-0.25, -0.2) is 10.9 Å². The van der Waals surface area contributed by atoms with Gasteiger partial charge in [-0.2, -0.15) is 0 Å². The molecule has 0 aliphatic carbocycles. The molecule has 2 aliphatic rings. The SMILES string of the molecule is CCCN(C(=O)C1CC(c2ccccc2)NN1)C1CCNCC1. The van der Waals surface area contributed by atoms with E-state index >= 15 is 0 Å². The molecule has 1 amide bonds. The van der Waals surface area contributed by atoms with Crippen molar-refractivity contribution in [2.24, 2.45) is 0 Å². The Hall–Kier alpha value is -1.43. The highest BCUT2D eigenvalue weighted by Crippen LogP contribution is 2.24. The standard InChI is InChI=1S/C18H28N4O/c1-2-12-22(15-8-10-19-11-9-15)18(23)17-13-16(20-21-17)14-6-4-3-5-7-14/h3-7,15-17,19-21H,2,8-13H2,1H3. The Morgan fingerprint density at radius 2 is 1.91 bits per heavy atom. The number of carbonyl (C=O) groups is 1. The molecule has 0 radical (unpaired) electrons. The normalized spacial score (nSPS) is 25.4. The molecule has 5 nitrogen and oxygen atoms in total. The summed E-state index contributed by atoms with van der Waals surface area (Å²) in [7, 11) is 0. The molecule has 0 spiro atoms. The van der Waals surface area contributed by atoms with E-state index in [0.29, 0.717) is 6.04 Å². The zero-order valence-corrected chi connectivity index (χ0v) is 13.9. The molecule has 2 fully saturated rings. The second kappa shape index (κ2) is 7.90. The molecule has 3 N–H and O–H groups in total. The monoisotopic (exact) mass is 316 g/mol. The van der Waals surface area contributed by atoms with E-state index in [0.717, 1.165) is 45.3 Å². The van der Waals surface area contributed by atoms with Gasteiger partial charge in [0.25, 0.3) is 0 Å². The molecule has 3 rings (SSSR count). The van der Waals surface area contributed by atoms with E-state index in [1.54, 1.807) is 0 Å². The van der Waals surface area contributed by atoms with Crippen molar-refractivity contribution in [1.82, 2.24) is 21.1 Å². The topological polar surface area (TPSA) is 56.4 Å². The van der Waals surface area contributed by atoms with Gasteiger partial charge in [0.1, 0.15) is 6.04 Å². The van der Waals surface area contributed by atoms with Gasteiger partial charge in [0.2, 0.25) is 5.91 Å². The summed E-state index contributed by atoms with van der Waals surface area (Å²) in [6.45, 7) is 5.04. The first kappa shape index (κ1) is 16.4. The van der Waals surface area contributed by atoms with Crippen LogP contribution in [-0.2, 0) is 4.79 Å². The van der Waals surface area contributed by atoms with Gasteiger partial charge in [-0.3, -0.25) is 4.79 Å². The molecule has 126 valence electrons. The minimum atomic E-state index is -0.123. The van der Waals surface area contributed by atoms with Gasteiger partial charge >= 0.3 is 0 Å². The van der Waals surface area contributed by atoms with Crippen molar-refractivity contribution < 1.29 is 4.79 Å². The fourth-order valence-electron chi connectivity index (χ4n) is 3.65. The molecule has 23 heavy (non-hydrogen) atoms. The van der Waals surface area contributed by atoms with Crippen LogP contribution in [0.3, 0.4) is 0 Å². The van der Waals surface area contributed by atoms with Crippen molar-refractivity contribution in [3.05, 3.63) is 35.9 Å². The lowest BCUT2D eigenvalue weighted by Crippen LogP contribution is -2.52. The number of hydrazine groups is 1. The first-order valence-electron chi connectivity index (χ1n) is 8.86. The van der Waals surface area contributed by atoms with Crippen molar-refractivity contribution in [1.29, 1.82) is 0 Å². The summed E-state index contributed by atoms with van der Waals surface area (Å²) in [5.74, 6) is 0.254. The molecule has 2 unspecified atom stereocenters. The molecular formula is C18H28N4O. The average Bonchev–Trinajstić information content (AvgIpc) is 3.11. The van der Waals surface area contributed by atoms with E-state index in [2.05, 4.69) is 40.1 Å². The van der Waals surface area contributed by atoms with Crippen LogP contribution in [0.15, 0.2) is 30.3 Å². The van der Waals surface area contributed by atoms with Crippen LogP contribution in [-0.4, -0.2) is 42.5 Å². The van der Waals surface area contributed by atoms with E-state index in [1.807, 2.05) is 18.2 Å². The van der Waals surface area contributed by atoms with E-state index in [1.165, 1.54) is 5.56 Å². The van der Waals surface area contributed by atoms with Crippen molar-refractivity contribution in [3.63, 3.8) is 0 Å². The Morgan fingerprint density at radius 3 is 2.61 bits per heavy atom. The molecule has 2 saturated heterocycles. The minimum absolute atomic E-state index is 0.123. The third-order valence-corrected chi connectivity index (χ3v) is 4.90. The summed E-state index contributed by atoms with van der Waals surface area (Å²) in [4.78, 5) is 15.1. The highest BCUT2D eigenvalue weighted by molar-refractivity contribution is 5.82. The van der Waals surface area contributed by atoms with E-state index in [-0.39, 0.29) is 18.0 Å². The number of nitrogens with one attached hydrogen (secondary N) is 3. The van der Waals surface area contributed by atoms with Crippen LogP contribution in [0.1, 0.15) is 44.2 Å². The molecule has 0 saturated carbocycles. The Labute approximate surface area is 138 Å². The summed E-state index contributed by atoms with van der Waals surface area (Å²) >= 11 is 0. The maximum atomic E-state index is 13.0. The fourth-order valence-corrected chi connectivity index (χ4v) is 3.65. The van der Waals surface area contributed by atoms with E-state index in [9.17, 15) is 4.79 Å². The molecular weight excluding hydrogens is 288 g/mol. The largest absolute Gasteiger partial charge is 0.338 e. The zero-order chi connectivity index (χ0) is 16.1. The Bertz CT molecular complexity index is 501. The number of hydrogen-bond donors (Lipinski definition) is 3. The predicted molar refractivity (Wildman–Crippen MR) is 91.8 cm³/mol. The van der Waals surface area contributed by atoms with Gasteiger partial charge in [-0.15, -0.1) is 0 Å². The first-order chi connectivity index (χ1) is 11.3. The lowest BCUT2D eigenvalue weighted by atomic mass is 9.99. The number of hydrogen-bond acceptors (Lipinski definition) is 4. The molecule has 2 heterocycles. The zero-order valence-electron chi connectivity index (χ0n) is 13.9. The third-order valence-electron chi connectivity index (χ3n) is 4.90. The molecule has 2 atom stereocenters. The van der Waals surface area contributed by atoms with Crippen molar-refractivity contribution >= 4 is 5.91 Å². The lowest BCUT2D eigenvalue weighted by Gasteiger charge is -2.36. The summed E-state index contributed by atoms with van der Waals surface area (Å²) < 4.78 is 0. The first-order valence-corrected chi connectivity index (χ1v) is 8.86. The summed E-state index contributed by atoms with van der Waals surface area (Å²) in [5.41, 5.74) is 7.76. The second-order valence-corrected chi connectivity index (χ2v) is 6.55. The van der Waals surface area contributed by atoms with Gasteiger partial charge < -0.3 is 10.2 Å². The maximum absolute atomic E-state index is 13.0. The average molecular weight is 316 g/mol. The minimum Gasteiger partial charge on any atom is -0.338 e. The lowest BCUT2D eigenvalue weighted by molar-refractivity contribution is -0.136. The van der Waals surface area contributed by atoms with Crippen LogP contribution in [0.5, 0.6) is 0 Å². The number of amides is 1. The molecule has 5 heteroatoms. The van der Waals surface area contributed by atoms with Gasteiger partial charge in [0.05, 0.1) is 0 Å². The van der Waals surface area contributed by atoms with Crippen LogP contribution < -0.4 is 16.2 Å². The highest BCUT2D eigenvalue weighted by Gasteiger charge is 2.35. The van der Waals surface area contributed by atoms with E-state index in [4.69, 9.17) is 0 Å².